The lowest BCUT2D eigenvalue weighted by Crippen LogP contribution is -2.16. The fourth-order valence-corrected chi connectivity index (χ4v) is 3.28. The molecule has 0 aromatic heterocycles. The second-order valence-corrected chi connectivity index (χ2v) is 6.65. The highest BCUT2D eigenvalue weighted by atomic mass is 32.2. The first-order valence-electron chi connectivity index (χ1n) is 5.82. The third-order valence-electron chi connectivity index (χ3n) is 2.82. The van der Waals surface area contributed by atoms with Crippen LogP contribution in [0.2, 0.25) is 0 Å². The Balaban J connectivity index is 3.18. The summed E-state index contributed by atoms with van der Waals surface area (Å²) < 4.78 is 0. The van der Waals surface area contributed by atoms with E-state index in [1.54, 1.807) is 23.5 Å². The van der Waals surface area contributed by atoms with E-state index in [-0.39, 0.29) is 5.84 Å². The number of nitrogens with two attached hydrogens (primary N) is 1. The lowest BCUT2D eigenvalue weighted by molar-refractivity contribution is 0.318. The summed E-state index contributed by atoms with van der Waals surface area (Å²) in [5, 5.41) is 12.5. The quantitative estimate of drug-likeness (QED) is 0.285. The number of amidine groups is 1. The molecule has 5 heteroatoms. The van der Waals surface area contributed by atoms with Crippen LogP contribution < -0.4 is 5.73 Å². The summed E-state index contributed by atoms with van der Waals surface area (Å²) in [7, 11) is 0. The summed E-state index contributed by atoms with van der Waals surface area (Å²) >= 11 is 3.37. The van der Waals surface area contributed by atoms with Crippen LogP contribution in [0.4, 0.5) is 0 Å². The molecule has 0 heterocycles. The van der Waals surface area contributed by atoms with E-state index in [4.69, 9.17) is 10.9 Å². The topological polar surface area (TPSA) is 58.6 Å². The first-order valence-corrected chi connectivity index (χ1v) is 7.93. The Bertz CT molecular complexity index is 433. The van der Waals surface area contributed by atoms with Crippen molar-refractivity contribution in [3.63, 3.8) is 0 Å². The summed E-state index contributed by atoms with van der Waals surface area (Å²) in [4.78, 5) is 2.10. The van der Waals surface area contributed by atoms with Gasteiger partial charge in [-0.25, -0.2) is 0 Å². The second-order valence-electron chi connectivity index (χ2n) is 4.39. The molecule has 1 aromatic rings. The number of hydrogen-bond acceptors (Lipinski definition) is 4. The van der Waals surface area contributed by atoms with Crippen molar-refractivity contribution in [2.75, 3.05) is 6.26 Å². The van der Waals surface area contributed by atoms with Crippen LogP contribution in [0.5, 0.6) is 0 Å². The number of benzene rings is 1. The van der Waals surface area contributed by atoms with Crippen LogP contribution in [0, 0.1) is 5.92 Å². The van der Waals surface area contributed by atoms with Gasteiger partial charge in [0.15, 0.2) is 5.84 Å². The minimum Gasteiger partial charge on any atom is -0.409 e. The Morgan fingerprint density at radius 3 is 2.39 bits per heavy atom. The zero-order valence-electron chi connectivity index (χ0n) is 11.2. The smallest absolute Gasteiger partial charge is 0.172 e. The van der Waals surface area contributed by atoms with Crippen LogP contribution in [0.1, 0.15) is 26.3 Å². The van der Waals surface area contributed by atoms with Gasteiger partial charge in [0.05, 0.1) is 0 Å². The molecule has 100 valence electrons. The monoisotopic (exact) mass is 284 g/mol. The van der Waals surface area contributed by atoms with Gasteiger partial charge in [-0.15, -0.1) is 23.5 Å². The summed E-state index contributed by atoms with van der Waals surface area (Å²) in [5.74, 6) is 0.756. The maximum atomic E-state index is 8.92. The summed E-state index contributed by atoms with van der Waals surface area (Å²) in [6, 6.07) is 6.02. The van der Waals surface area contributed by atoms with Gasteiger partial charge >= 0.3 is 0 Å². The Hall–Kier alpha value is -0.810. The first kappa shape index (κ1) is 15.2. The first-order chi connectivity index (χ1) is 8.51. The molecule has 0 amide bonds. The van der Waals surface area contributed by atoms with Gasteiger partial charge in [0.25, 0.3) is 0 Å². The van der Waals surface area contributed by atoms with Crippen LogP contribution in [0.3, 0.4) is 0 Å². The number of hydrogen-bond donors (Lipinski definition) is 2. The van der Waals surface area contributed by atoms with Crippen molar-refractivity contribution in [3.05, 3.63) is 23.8 Å². The van der Waals surface area contributed by atoms with E-state index in [1.165, 1.54) is 0 Å². The third kappa shape index (κ3) is 3.59. The van der Waals surface area contributed by atoms with Gasteiger partial charge < -0.3 is 10.9 Å². The standard InChI is InChI=1S/C13H20N2OS2/c1-8(2)9(3)18-11-7-5-6-10(17-4)12(11)13(14)15-16/h5-9,16H,1-4H3,(H2,14,15). The van der Waals surface area contributed by atoms with E-state index in [0.29, 0.717) is 11.2 Å². The molecule has 18 heavy (non-hydrogen) atoms. The van der Waals surface area contributed by atoms with Crippen LogP contribution >= 0.6 is 23.5 Å². The molecule has 0 saturated carbocycles. The zero-order chi connectivity index (χ0) is 13.7. The minimum atomic E-state index is 0.179. The van der Waals surface area contributed by atoms with E-state index in [9.17, 15) is 0 Å². The predicted molar refractivity (Wildman–Crippen MR) is 80.9 cm³/mol. The molecule has 0 saturated heterocycles. The van der Waals surface area contributed by atoms with Crippen molar-refractivity contribution in [1.29, 1.82) is 0 Å². The molecule has 1 rings (SSSR count). The van der Waals surface area contributed by atoms with Gasteiger partial charge in [0, 0.05) is 20.6 Å². The van der Waals surface area contributed by atoms with E-state index < -0.39 is 0 Å². The maximum Gasteiger partial charge on any atom is 0.172 e. The molecule has 0 aliphatic carbocycles. The summed E-state index contributed by atoms with van der Waals surface area (Å²) in [6.07, 6.45) is 1.99. The largest absolute Gasteiger partial charge is 0.409 e. The molecule has 3 N–H and O–H groups in total. The number of oxime groups is 1. The molecule has 0 radical (unpaired) electrons. The van der Waals surface area contributed by atoms with Gasteiger partial charge in [-0.2, -0.15) is 0 Å². The minimum absolute atomic E-state index is 0.179. The van der Waals surface area contributed by atoms with Crippen LogP contribution in [0.15, 0.2) is 33.1 Å². The van der Waals surface area contributed by atoms with Crippen LogP contribution in [-0.2, 0) is 0 Å². The Morgan fingerprint density at radius 2 is 1.89 bits per heavy atom. The van der Waals surface area contributed by atoms with Gasteiger partial charge in [0.1, 0.15) is 0 Å². The molecule has 1 unspecified atom stereocenters. The molecule has 0 aliphatic rings. The Kier molecular flexibility index (Phi) is 5.88. The van der Waals surface area contributed by atoms with Crippen molar-refractivity contribution >= 4 is 29.4 Å². The van der Waals surface area contributed by atoms with E-state index in [1.807, 2.05) is 24.5 Å². The molecule has 1 aromatic carbocycles. The van der Waals surface area contributed by atoms with Crippen molar-refractivity contribution in [3.8, 4) is 0 Å². The lowest BCUT2D eigenvalue weighted by Gasteiger charge is -2.18. The second kappa shape index (κ2) is 6.95. The van der Waals surface area contributed by atoms with Gasteiger partial charge in [0.2, 0.25) is 0 Å². The third-order valence-corrected chi connectivity index (χ3v) is 5.11. The average Bonchev–Trinajstić information content (AvgIpc) is 2.37. The van der Waals surface area contributed by atoms with Gasteiger partial charge in [-0.3, -0.25) is 0 Å². The van der Waals surface area contributed by atoms with Crippen LogP contribution in [0.25, 0.3) is 0 Å². The average molecular weight is 284 g/mol. The van der Waals surface area contributed by atoms with E-state index in [0.717, 1.165) is 15.4 Å². The normalized spacial score (nSPS) is 13.9. The fourth-order valence-electron chi connectivity index (χ4n) is 1.42. The predicted octanol–water partition coefficient (Wildman–Crippen LogP) is 3.64. The highest BCUT2D eigenvalue weighted by molar-refractivity contribution is 8.00. The van der Waals surface area contributed by atoms with Crippen molar-refractivity contribution < 1.29 is 5.21 Å². The lowest BCUT2D eigenvalue weighted by atomic mass is 10.1. The molecule has 0 fully saturated rings. The van der Waals surface area contributed by atoms with Crippen molar-refractivity contribution in [2.45, 2.75) is 35.8 Å². The van der Waals surface area contributed by atoms with Gasteiger partial charge in [-0.1, -0.05) is 32.0 Å². The van der Waals surface area contributed by atoms with E-state index in [2.05, 4.69) is 25.9 Å². The molecular weight excluding hydrogens is 264 g/mol. The SMILES string of the molecule is CSc1cccc(SC(C)C(C)C)c1/C(N)=N/O. The highest BCUT2D eigenvalue weighted by Gasteiger charge is 2.16. The summed E-state index contributed by atoms with van der Waals surface area (Å²) in [5.41, 5.74) is 6.63. The molecule has 0 spiro atoms. The number of thioether (sulfide) groups is 2. The Morgan fingerprint density at radius 1 is 1.28 bits per heavy atom. The van der Waals surface area contributed by atoms with E-state index >= 15 is 0 Å². The van der Waals surface area contributed by atoms with Gasteiger partial charge in [-0.05, 0) is 24.3 Å². The number of rotatable bonds is 5. The summed E-state index contributed by atoms with van der Waals surface area (Å²) in [6.45, 7) is 6.58. The molecule has 0 bridgehead atoms. The zero-order valence-corrected chi connectivity index (χ0v) is 12.8. The number of nitrogens with zero attached hydrogens (tertiary/aromatic N) is 1. The fraction of sp³-hybridized carbons (Fsp3) is 0.462. The molecule has 0 aliphatic heterocycles. The maximum absolute atomic E-state index is 8.92. The molecule has 3 nitrogen and oxygen atoms in total. The highest BCUT2D eigenvalue weighted by Crippen LogP contribution is 2.34. The Labute approximate surface area is 117 Å². The van der Waals surface area contributed by atoms with Crippen LogP contribution in [-0.4, -0.2) is 22.5 Å². The van der Waals surface area contributed by atoms with Crippen molar-refractivity contribution in [2.24, 2.45) is 16.8 Å². The molecular formula is C13H20N2OS2. The molecule has 1 atom stereocenters. The van der Waals surface area contributed by atoms with Crippen molar-refractivity contribution in [1.82, 2.24) is 0 Å².